The summed E-state index contributed by atoms with van der Waals surface area (Å²) in [4.78, 5) is 79.0. The van der Waals surface area contributed by atoms with Gasteiger partial charge in [0, 0.05) is 13.8 Å². The van der Waals surface area contributed by atoms with Gasteiger partial charge in [-0.3, -0.25) is 28.8 Å². The molecule has 0 spiro atoms. The van der Waals surface area contributed by atoms with Gasteiger partial charge < -0.3 is 61.2 Å². The van der Waals surface area contributed by atoms with Crippen LogP contribution in [-0.4, -0.2) is 152 Å². The van der Waals surface area contributed by atoms with Gasteiger partial charge in [0.05, 0.1) is 13.2 Å². The van der Waals surface area contributed by atoms with E-state index in [0.717, 1.165) is 6.92 Å². The summed E-state index contributed by atoms with van der Waals surface area (Å²) in [6.45, 7) is 0.792. The number of Topliss-reactive ketones (excluding diaryl/α,β-unsaturated/α-hetero) is 4. The highest BCUT2D eigenvalue weighted by atomic mass is 35.6. The van der Waals surface area contributed by atoms with E-state index in [0.29, 0.717) is 20.8 Å². The normalized spacial score (nSPS) is 18.0. The van der Waals surface area contributed by atoms with Gasteiger partial charge in [0.25, 0.3) is 21.1 Å². The van der Waals surface area contributed by atoms with Crippen molar-refractivity contribution in [1.29, 1.82) is 0 Å². The minimum atomic E-state index is -3.50. The number of esters is 1. The van der Waals surface area contributed by atoms with Gasteiger partial charge in [-0.05, 0) is 13.8 Å². The van der Waals surface area contributed by atoms with E-state index in [1.165, 1.54) is 0 Å². The minimum Gasteiger partial charge on any atom is -0.439 e. The number of ketones is 4. The number of aliphatic hydroxyl groups is 9. The predicted molar refractivity (Wildman–Crippen MR) is 142 cm³/mol. The summed E-state index contributed by atoms with van der Waals surface area (Å²) in [7, 11) is 0. The van der Waals surface area contributed by atoms with Crippen LogP contribution in [0.2, 0.25) is 0 Å². The highest BCUT2D eigenvalue weighted by Gasteiger charge is 2.70. The minimum absolute atomic E-state index is 0.0258. The van der Waals surface area contributed by atoms with Crippen LogP contribution in [0.15, 0.2) is 0 Å². The number of carbonyl (C=O) groups excluding carboxylic acids is 7. The zero-order chi connectivity index (χ0) is 35.3. The van der Waals surface area contributed by atoms with Gasteiger partial charge in [0.1, 0.15) is 36.6 Å². The summed E-state index contributed by atoms with van der Waals surface area (Å²) in [6.07, 6.45) is -11.6. The van der Waals surface area contributed by atoms with Crippen LogP contribution in [0.4, 0.5) is 0 Å². The summed E-state index contributed by atoms with van der Waals surface area (Å²) in [6, 6.07) is 0. The van der Waals surface area contributed by atoms with E-state index < -0.39 is 99.8 Å². The molecule has 0 heterocycles. The lowest BCUT2D eigenvalue weighted by Gasteiger charge is -2.44. The van der Waals surface area contributed by atoms with Crippen molar-refractivity contribution in [2.45, 2.75) is 79.3 Å². The second kappa shape index (κ2) is 19.2. The van der Waals surface area contributed by atoms with Crippen molar-refractivity contribution in [2.75, 3.05) is 13.2 Å². The third kappa shape index (κ3) is 12.4. The number of alkyl halides is 3. The Morgan fingerprint density at radius 3 is 1.42 bits per heavy atom. The third-order valence-electron chi connectivity index (χ3n) is 5.19. The molecule has 0 aliphatic rings. The maximum absolute atomic E-state index is 12.3. The molecule has 0 saturated carbocycles. The molecule has 8 atom stereocenters. The van der Waals surface area contributed by atoms with E-state index >= 15 is 0 Å². The molecule has 7 unspecified atom stereocenters. The van der Waals surface area contributed by atoms with Gasteiger partial charge in [0.2, 0.25) is 5.60 Å². The van der Waals surface area contributed by atoms with Crippen LogP contribution < -0.4 is 5.73 Å². The number of primary amides is 1. The molecule has 0 aromatic rings. The summed E-state index contributed by atoms with van der Waals surface area (Å²) in [5, 5.41) is 82.7. The van der Waals surface area contributed by atoms with Crippen molar-refractivity contribution in [1.82, 2.24) is 0 Å². The molecule has 43 heavy (non-hydrogen) atoms. The number of hydrogen-bond acceptors (Lipinski definition) is 17. The Hall–Kier alpha value is -2.20. The van der Waals surface area contributed by atoms with Crippen molar-refractivity contribution in [3.05, 3.63) is 0 Å². The predicted octanol–water partition coefficient (Wildman–Crippen LogP) is -5.47. The molecule has 0 aliphatic carbocycles. The van der Waals surface area contributed by atoms with Crippen LogP contribution in [-0.2, 0) is 38.3 Å². The van der Waals surface area contributed by atoms with Crippen LogP contribution >= 0.6 is 34.8 Å². The summed E-state index contributed by atoms with van der Waals surface area (Å²) in [5.41, 5.74) is -2.38. The van der Waals surface area contributed by atoms with Gasteiger partial charge in [-0.25, -0.2) is 0 Å². The lowest BCUT2D eigenvalue weighted by molar-refractivity contribution is -0.226. The average Bonchev–Trinajstić information content (AvgIpc) is 2.91. The fraction of sp³-hybridized carbons (Fsp3) is 0.682. The Labute approximate surface area is 258 Å². The van der Waals surface area contributed by atoms with E-state index in [-0.39, 0.29) is 6.29 Å². The van der Waals surface area contributed by atoms with Crippen LogP contribution in [0.25, 0.3) is 0 Å². The Morgan fingerprint density at radius 1 is 0.791 bits per heavy atom. The highest BCUT2D eigenvalue weighted by Crippen LogP contribution is 2.35. The second-order valence-corrected chi connectivity index (χ2v) is 10.7. The molecule has 0 bridgehead atoms. The zero-order valence-electron chi connectivity index (χ0n) is 23.0. The zero-order valence-corrected chi connectivity index (χ0v) is 25.2. The summed E-state index contributed by atoms with van der Waals surface area (Å²) >= 11 is 14.8. The molecular weight excluding hydrogens is 657 g/mol. The fourth-order valence-electron chi connectivity index (χ4n) is 2.92. The number of aldehydes is 1. The first-order valence-corrected chi connectivity index (χ1v) is 12.5. The molecule has 18 nitrogen and oxygen atoms in total. The van der Waals surface area contributed by atoms with Crippen molar-refractivity contribution in [3.8, 4) is 0 Å². The van der Waals surface area contributed by atoms with Crippen molar-refractivity contribution in [3.63, 3.8) is 0 Å². The van der Waals surface area contributed by atoms with Crippen LogP contribution in [0.5, 0.6) is 0 Å². The first kappa shape index (κ1) is 45.2. The van der Waals surface area contributed by atoms with E-state index in [2.05, 4.69) is 10.5 Å². The number of rotatable bonds is 14. The molecule has 0 aliphatic heterocycles. The largest absolute Gasteiger partial charge is 0.439 e. The maximum atomic E-state index is 12.3. The van der Waals surface area contributed by atoms with Gasteiger partial charge in [0.15, 0.2) is 23.6 Å². The summed E-state index contributed by atoms with van der Waals surface area (Å²) in [5.74, 6) is -8.28. The lowest BCUT2D eigenvalue weighted by Crippen LogP contribution is -2.76. The number of carbonyl (C=O) groups is 7. The molecular formula is C22H34Cl3NO17. The highest BCUT2D eigenvalue weighted by molar-refractivity contribution is 6.76. The monoisotopic (exact) mass is 689 g/mol. The molecule has 11 N–H and O–H groups in total. The number of ether oxygens (including phenoxy) is 1. The number of amides is 1. The molecule has 0 fully saturated rings. The Morgan fingerprint density at radius 2 is 1.19 bits per heavy atom. The first-order chi connectivity index (χ1) is 19.3. The maximum Gasteiger partial charge on any atom is 0.304 e. The quantitative estimate of drug-likeness (QED) is 0.0267. The molecule has 21 heteroatoms. The smallest absolute Gasteiger partial charge is 0.304 e. The van der Waals surface area contributed by atoms with Crippen molar-refractivity contribution in [2.24, 2.45) is 5.73 Å². The number of hydrogen-bond donors (Lipinski definition) is 10. The first-order valence-electron chi connectivity index (χ1n) is 11.4. The molecule has 1 amide bonds. The Kier molecular flexibility index (Phi) is 20.2. The second-order valence-electron chi connectivity index (χ2n) is 8.45. The van der Waals surface area contributed by atoms with Gasteiger partial charge in [-0.2, -0.15) is 0 Å². The summed E-state index contributed by atoms with van der Waals surface area (Å²) < 4.78 is 2.64. The number of halogens is 3. The van der Waals surface area contributed by atoms with Gasteiger partial charge >= 0.3 is 5.97 Å². The molecule has 0 rings (SSSR count). The fourth-order valence-corrected chi connectivity index (χ4v) is 2.92. The van der Waals surface area contributed by atoms with E-state index in [1.807, 2.05) is 0 Å². The third-order valence-corrected chi connectivity index (χ3v) is 5.74. The molecule has 0 aromatic heterocycles. The number of nitrogens with two attached hydrogens (primary N) is 1. The molecule has 250 valence electrons. The molecule has 0 saturated heterocycles. The average molecular weight is 691 g/mol. The van der Waals surface area contributed by atoms with Crippen LogP contribution in [0.3, 0.4) is 0 Å². The van der Waals surface area contributed by atoms with Crippen LogP contribution in [0, 0.1) is 0 Å². The van der Waals surface area contributed by atoms with E-state index in [4.69, 9.17) is 65.4 Å². The van der Waals surface area contributed by atoms with Gasteiger partial charge in [-0.1, -0.05) is 34.8 Å². The SMILES string of the molecule is CC(=O)O[C@@](C(C)=O)(C(=O)C(C)=O)C(O)(C(C)=O)C(O)C(O)CO.NC(=O)C(Cl)(Cl)Cl.O=CC(O)C(O)C(O)C(O)CO. The van der Waals surface area contributed by atoms with Crippen LogP contribution in [0.1, 0.15) is 27.7 Å². The van der Waals surface area contributed by atoms with Crippen molar-refractivity contribution < 1.29 is 84.3 Å². The van der Waals surface area contributed by atoms with E-state index in [9.17, 15) is 48.9 Å². The standard InChI is InChI=1S/C14H20O10.C6H12O6.C2H2Cl3NO/c1-6(16)11(21)14(8(3)18,24-9(4)19)13(23,7(2)17)12(22)10(20)5-15;7-1-3(9)5(11)6(12)4(10)2-8;3-2(4,5)1(6)7/h10,12,15,20,22-23H,5H2,1-4H3;1,3-6,8-12H,2H2;(H2,6,7)/t10?,12?,13?,14-;;/m0../s1. The van der Waals surface area contributed by atoms with Gasteiger partial charge in [-0.15, -0.1) is 0 Å². The molecule has 0 radical (unpaired) electrons. The molecule has 0 aromatic carbocycles. The Balaban J connectivity index is -0.000000693. The Bertz CT molecular complexity index is 1010. The number of aliphatic hydroxyl groups excluding tert-OH is 8. The lowest BCUT2D eigenvalue weighted by atomic mass is 9.69. The van der Waals surface area contributed by atoms with Crippen molar-refractivity contribution >= 4 is 76.1 Å². The van der Waals surface area contributed by atoms with E-state index in [1.54, 1.807) is 0 Å². The topological polar surface area (TPSA) is 337 Å².